The van der Waals surface area contributed by atoms with Gasteiger partial charge in [-0.2, -0.15) is 0 Å². The van der Waals surface area contributed by atoms with Gasteiger partial charge in [0.15, 0.2) is 34.6 Å². The molecular weight excluding hydrogens is 506 g/mol. The highest BCUT2D eigenvalue weighted by Crippen LogP contribution is 2.28. The van der Waals surface area contributed by atoms with Crippen molar-refractivity contribution in [2.45, 2.75) is 39.7 Å². The highest BCUT2D eigenvalue weighted by Gasteiger charge is 2.18. The lowest BCUT2D eigenvalue weighted by Crippen LogP contribution is -2.36. The SMILES string of the molecule is C=C(/C=C/C(=O)CC(=O)/C=C/c1ccc(OC(=O)CNC(=O)OC(C)(C)C)c(OC)c1)/C=C(OC)\C(O)=C/C. The van der Waals surface area contributed by atoms with Crippen LogP contribution in [0.25, 0.3) is 6.08 Å². The van der Waals surface area contributed by atoms with Gasteiger partial charge in [-0.3, -0.25) is 9.59 Å². The lowest BCUT2D eigenvalue weighted by atomic mass is 10.1. The summed E-state index contributed by atoms with van der Waals surface area (Å²) in [7, 11) is 2.77. The Hall–Kier alpha value is -4.60. The summed E-state index contributed by atoms with van der Waals surface area (Å²) < 4.78 is 20.6. The minimum Gasteiger partial charge on any atom is -0.504 e. The first-order valence-corrected chi connectivity index (χ1v) is 11.9. The zero-order valence-corrected chi connectivity index (χ0v) is 23.0. The molecule has 1 amide bonds. The van der Waals surface area contributed by atoms with Crippen LogP contribution in [0.1, 0.15) is 39.7 Å². The van der Waals surface area contributed by atoms with Crippen LogP contribution in [0.3, 0.4) is 0 Å². The van der Waals surface area contributed by atoms with Crippen LogP contribution >= 0.6 is 0 Å². The molecule has 1 aromatic rings. The molecule has 0 aromatic heterocycles. The van der Waals surface area contributed by atoms with E-state index < -0.39 is 35.8 Å². The Balaban J connectivity index is 2.72. The molecule has 0 saturated carbocycles. The summed E-state index contributed by atoms with van der Waals surface area (Å²) in [5.74, 6) is -1.15. The number of alkyl carbamates (subject to hydrolysis) is 1. The predicted molar refractivity (Wildman–Crippen MR) is 146 cm³/mol. The van der Waals surface area contributed by atoms with E-state index in [1.165, 1.54) is 56.7 Å². The molecule has 0 atom stereocenters. The average Bonchev–Trinajstić information content (AvgIpc) is 2.87. The topological polar surface area (TPSA) is 137 Å². The summed E-state index contributed by atoms with van der Waals surface area (Å²) in [5, 5.41) is 12.0. The lowest BCUT2D eigenvalue weighted by molar-refractivity contribution is -0.133. The monoisotopic (exact) mass is 541 g/mol. The van der Waals surface area contributed by atoms with Gasteiger partial charge in [0.2, 0.25) is 0 Å². The number of carbonyl (C=O) groups excluding carboxylic acids is 4. The maximum Gasteiger partial charge on any atom is 0.408 e. The normalized spacial score (nSPS) is 12.3. The number of ketones is 2. The molecule has 1 rings (SSSR count). The van der Waals surface area contributed by atoms with Crippen molar-refractivity contribution in [3.8, 4) is 11.5 Å². The van der Waals surface area contributed by atoms with E-state index in [-0.39, 0.29) is 29.4 Å². The number of aliphatic hydroxyl groups is 1. The molecule has 0 aliphatic carbocycles. The van der Waals surface area contributed by atoms with E-state index in [4.69, 9.17) is 18.9 Å². The summed E-state index contributed by atoms with van der Waals surface area (Å²) in [6, 6.07) is 4.60. The van der Waals surface area contributed by atoms with E-state index in [0.717, 1.165) is 0 Å². The number of esters is 1. The fourth-order valence-electron chi connectivity index (χ4n) is 2.76. The van der Waals surface area contributed by atoms with Crippen LogP contribution in [0.15, 0.2) is 72.2 Å². The number of ether oxygens (including phenoxy) is 4. The Labute approximate surface area is 228 Å². The molecule has 39 heavy (non-hydrogen) atoms. The number of aliphatic hydroxyl groups excluding tert-OH is 1. The van der Waals surface area contributed by atoms with Gasteiger partial charge in [0, 0.05) is 0 Å². The molecule has 2 N–H and O–H groups in total. The molecule has 10 heteroatoms. The number of hydrogen-bond donors (Lipinski definition) is 2. The van der Waals surface area contributed by atoms with Crippen LogP contribution in [0.5, 0.6) is 11.5 Å². The van der Waals surface area contributed by atoms with Crippen molar-refractivity contribution in [1.29, 1.82) is 0 Å². The second kappa shape index (κ2) is 15.6. The third-order valence-corrected chi connectivity index (χ3v) is 4.54. The number of amides is 1. The van der Waals surface area contributed by atoms with Crippen LogP contribution in [0.4, 0.5) is 4.79 Å². The molecule has 0 radical (unpaired) electrons. The van der Waals surface area contributed by atoms with Gasteiger partial charge < -0.3 is 29.4 Å². The Morgan fingerprint density at radius 1 is 1.03 bits per heavy atom. The summed E-state index contributed by atoms with van der Waals surface area (Å²) in [4.78, 5) is 48.1. The van der Waals surface area contributed by atoms with E-state index in [1.807, 2.05) is 0 Å². The van der Waals surface area contributed by atoms with Gasteiger partial charge in [-0.25, -0.2) is 9.59 Å². The molecule has 0 spiro atoms. The number of hydrogen-bond acceptors (Lipinski definition) is 9. The molecule has 0 bridgehead atoms. The highest BCUT2D eigenvalue weighted by atomic mass is 16.6. The van der Waals surface area contributed by atoms with Crippen molar-refractivity contribution < 1.29 is 43.2 Å². The maximum absolute atomic E-state index is 12.2. The van der Waals surface area contributed by atoms with Crippen LogP contribution in [0.2, 0.25) is 0 Å². The number of nitrogens with one attached hydrogen (secondary N) is 1. The van der Waals surface area contributed by atoms with Gasteiger partial charge in [-0.05, 0) is 75.3 Å². The largest absolute Gasteiger partial charge is 0.504 e. The van der Waals surface area contributed by atoms with E-state index in [9.17, 15) is 24.3 Å². The molecule has 0 saturated heterocycles. The minimum atomic E-state index is -0.753. The zero-order valence-electron chi connectivity index (χ0n) is 23.0. The number of allylic oxidation sites excluding steroid dienone is 6. The molecule has 10 nitrogen and oxygen atoms in total. The lowest BCUT2D eigenvalue weighted by Gasteiger charge is -2.19. The first-order valence-electron chi connectivity index (χ1n) is 11.9. The number of methoxy groups -OCH3 is 2. The van der Waals surface area contributed by atoms with Crippen LogP contribution in [0, 0.1) is 0 Å². The maximum atomic E-state index is 12.2. The van der Waals surface area contributed by atoms with E-state index in [0.29, 0.717) is 11.1 Å². The molecule has 0 unspecified atom stereocenters. The van der Waals surface area contributed by atoms with Gasteiger partial charge in [-0.1, -0.05) is 24.8 Å². The molecule has 0 aliphatic heterocycles. The summed E-state index contributed by atoms with van der Waals surface area (Å²) in [6.07, 6.45) is 7.15. The van der Waals surface area contributed by atoms with Crippen LogP contribution in [-0.2, 0) is 23.9 Å². The molecule has 0 fully saturated rings. The quantitative estimate of drug-likeness (QED) is 0.0903. The Kier molecular flexibility index (Phi) is 13.0. The third kappa shape index (κ3) is 13.0. The minimum absolute atomic E-state index is 0.0725. The molecule has 1 aromatic carbocycles. The average molecular weight is 542 g/mol. The molecule has 0 aliphatic rings. The second-order valence-electron chi connectivity index (χ2n) is 8.98. The fraction of sp³-hybridized carbons (Fsp3) is 0.310. The Morgan fingerprint density at radius 2 is 1.69 bits per heavy atom. The standard InChI is InChI=1S/C29H35NO9/c1-8-23(33)25(36-6)15-19(2)9-12-21(31)17-22(32)13-10-20-11-14-24(26(16-20)37-7)38-27(34)18-30-28(35)39-29(3,4)5/h8-16,33H,2,17-18H2,1,3-7H3,(H,30,35)/b12-9+,13-10+,23-8+,25-15+. The first kappa shape index (κ1) is 32.4. The van der Waals surface area contributed by atoms with Gasteiger partial charge in [0.25, 0.3) is 0 Å². The van der Waals surface area contributed by atoms with Gasteiger partial charge in [0.05, 0.1) is 20.6 Å². The second-order valence-corrected chi connectivity index (χ2v) is 8.98. The van der Waals surface area contributed by atoms with Crippen molar-refractivity contribution in [2.75, 3.05) is 20.8 Å². The van der Waals surface area contributed by atoms with E-state index in [2.05, 4.69) is 11.9 Å². The number of rotatable bonds is 13. The fourth-order valence-corrected chi connectivity index (χ4v) is 2.76. The first-order chi connectivity index (χ1) is 18.3. The molecule has 210 valence electrons. The van der Waals surface area contributed by atoms with Crippen molar-refractivity contribution in [1.82, 2.24) is 5.32 Å². The summed E-state index contributed by atoms with van der Waals surface area (Å²) >= 11 is 0. The third-order valence-electron chi connectivity index (χ3n) is 4.54. The van der Waals surface area contributed by atoms with Crippen LogP contribution in [-0.4, -0.2) is 55.1 Å². The summed E-state index contributed by atoms with van der Waals surface area (Å²) in [5.41, 5.74) is 0.250. The zero-order chi connectivity index (χ0) is 29.6. The number of carbonyl (C=O) groups is 4. The van der Waals surface area contributed by atoms with E-state index >= 15 is 0 Å². The van der Waals surface area contributed by atoms with E-state index in [1.54, 1.807) is 39.8 Å². The van der Waals surface area contributed by atoms with Crippen molar-refractivity contribution >= 4 is 29.7 Å². The van der Waals surface area contributed by atoms with Crippen molar-refractivity contribution in [2.24, 2.45) is 0 Å². The van der Waals surface area contributed by atoms with Gasteiger partial charge in [-0.15, -0.1) is 0 Å². The predicted octanol–water partition coefficient (Wildman–Crippen LogP) is 4.77. The van der Waals surface area contributed by atoms with Crippen LogP contribution < -0.4 is 14.8 Å². The Morgan fingerprint density at radius 3 is 2.28 bits per heavy atom. The molecule has 0 heterocycles. The van der Waals surface area contributed by atoms with Gasteiger partial charge >= 0.3 is 12.1 Å². The highest BCUT2D eigenvalue weighted by molar-refractivity contribution is 6.09. The summed E-state index contributed by atoms with van der Waals surface area (Å²) in [6.45, 7) is 10.1. The number of benzene rings is 1. The Bertz CT molecular complexity index is 1200. The van der Waals surface area contributed by atoms with Crippen molar-refractivity contribution in [3.63, 3.8) is 0 Å². The van der Waals surface area contributed by atoms with Crippen molar-refractivity contribution in [3.05, 3.63) is 77.8 Å². The molecular formula is C29H35NO9. The smallest absolute Gasteiger partial charge is 0.408 e. The van der Waals surface area contributed by atoms with Gasteiger partial charge in [0.1, 0.15) is 12.1 Å².